The lowest BCUT2D eigenvalue weighted by Crippen LogP contribution is -2.06. The van der Waals surface area contributed by atoms with Crippen LogP contribution >= 0.6 is 0 Å². The van der Waals surface area contributed by atoms with E-state index in [-0.39, 0.29) is 0 Å². The summed E-state index contributed by atoms with van der Waals surface area (Å²) in [6.07, 6.45) is 1.95. The molecule has 0 aliphatic rings. The standard InChI is InChI=1S/C46H26N6/c1-2-12-28(13-3-1)44-48-45(30-22-21-27-11-4-5-14-29(27)25-30)50-46(49-44)52-37-20-9-7-16-33(37)40-34-17-10-18-35-41(34)38(26-39(40)52)51-36-19-8-6-15-31(36)32-23-24-47-42(35)43(32)51/h1-26H. The normalized spacial score (nSPS) is 12.2. The Morgan fingerprint density at radius 1 is 0.404 bits per heavy atom. The Morgan fingerprint density at radius 2 is 1.10 bits per heavy atom. The molecule has 12 aromatic rings. The molecule has 0 amide bonds. The number of aromatic nitrogens is 6. The van der Waals surface area contributed by atoms with E-state index in [2.05, 4.69) is 142 Å². The zero-order valence-corrected chi connectivity index (χ0v) is 27.7. The second-order valence-corrected chi connectivity index (χ2v) is 13.5. The van der Waals surface area contributed by atoms with Crippen molar-refractivity contribution >= 4 is 81.6 Å². The van der Waals surface area contributed by atoms with Gasteiger partial charge in [0.25, 0.3) is 0 Å². The van der Waals surface area contributed by atoms with Gasteiger partial charge in [0, 0.05) is 49.6 Å². The molecule has 0 bridgehead atoms. The SMILES string of the molecule is c1ccc(-c2nc(-c3ccc4ccccc4c3)nc(-n3c4ccccc4c4c5cccc6c7nccc8c9ccccc9n(c(cc43)c65)c87)n2)cc1. The molecule has 0 aliphatic heterocycles. The molecule has 240 valence electrons. The molecular formula is C46H26N6. The quantitative estimate of drug-likeness (QED) is 0.140. The highest BCUT2D eigenvalue weighted by molar-refractivity contribution is 6.33. The van der Waals surface area contributed by atoms with E-state index in [0.717, 1.165) is 65.8 Å². The molecule has 6 heteroatoms. The molecule has 52 heavy (non-hydrogen) atoms. The Morgan fingerprint density at radius 3 is 1.98 bits per heavy atom. The summed E-state index contributed by atoms with van der Waals surface area (Å²) >= 11 is 0. The van der Waals surface area contributed by atoms with Gasteiger partial charge in [-0.1, -0.05) is 121 Å². The molecule has 0 saturated heterocycles. The molecule has 7 aromatic carbocycles. The predicted octanol–water partition coefficient (Wildman–Crippen LogP) is 11.2. The molecule has 0 aliphatic carbocycles. The molecule has 0 radical (unpaired) electrons. The van der Waals surface area contributed by atoms with E-state index in [1.807, 2.05) is 24.4 Å². The van der Waals surface area contributed by atoms with Gasteiger partial charge in [0.05, 0.1) is 33.1 Å². The minimum atomic E-state index is 0.575. The van der Waals surface area contributed by atoms with Crippen LogP contribution in [0.15, 0.2) is 158 Å². The number of nitrogens with zero attached hydrogens (tertiary/aromatic N) is 6. The van der Waals surface area contributed by atoms with Crippen molar-refractivity contribution in [1.29, 1.82) is 0 Å². The van der Waals surface area contributed by atoms with Crippen molar-refractivity contribution in [3.05, 3.63) is 158 Å². The van der Waals surface area contributed by atoms with Gasteiger partial charge in [0.2, 0.25) is 5.95 Å². The van der Waals surface area contributed by atoms with Gasteiger partial charge in [-0.05, 0) is 46.5 Å². The van der Waals surface area contributed by atoms with Gasteiger partial charge < -0.3 is 4.40 Å². The van der Waals surface area contributed by atoms with Crippen LogP contribution in [-0.4, -0.2) is 28.9 Å². The van der Waals surface area contributed by atoms with E-state index < -0.39 is 0 Å². The Kier molecular flexibility index (Phi) is 5.41. The van der Waals surface area contributed by atoms with Crippen LogP contribution in [0.2, 0.25) is 0 Å². The van der Waals surface area contributed by atoms with Gasteiger partial charge in [0.15, 0.2) is 11.6 Å². The summed E-state index contributed by atoms with van der Waals surface area (Å²) in [5, 5.41) is 10.6. The Bertz CT molecular complexity index is 3410. The first-order valence-electron chi connectivity index (χ1n) is 17.5. The van der Waals surface area contributed by atoms with Crippen LogP contribution in [0.3, 0.4) is 0 Å². The number of pyridine rings is 2. The van der Waals surface area contributed by atoms with Crippen LogP contribution in [0.4, 0.5) is 0 Å². The second-order valence-electron chi connectivity index (χ2n) is 13.5. The van der Waals surface area contributed by atoms with Gasteiger partial charge in [-0.2, -0.15) is 9.97 Å². The molecular weight excluding hydrogens is 637 g/mol. The second kappa shape index (κ2) is 10.2. The summed E-state index contributed by atoms with van der Waals surface area (Å²) in [6.45, 7) is 0. The lowest BCUT2D eigenvalue weighted by atomic mass is 9.98. The van der Waals surface area contributed by atoms with Crippen molar-refractivity contribution in [1.82, 2.24) is 28.9 Å². The summed E-state index contributed by atoms with van der Waals surface area (Å²) in [6, 6.07) is 53.4. The van der Waals surface area contributed by atoms with Gasteiger partial charge in [0.1, 0.15) is 0 Å². The summed E-state index contributed by atoms with van der Waals surface area (Å²) in [7, 11) is 0. The number of hydrogen-bond acceptors (Lipinski definition) is 4. The van der Waals surface area contributed by atoms with Crippen LogP contribution in [0.5, 0.6) is 0 Å². The summed E-state index contributed by atoms with van der Waals surface area (Å²) in [5.74, 6) is 1.83. The average Bonchev–Trinajstić information content (AvgIpc) is 3.73. The minimum absolute atomic E-state index is 0.575. The van der Waals surface area contributed by atoms with Gasteiger partial charge in [-0.25, -0.2) is 4.98 Å². The van der Waals surface area contributed by atoms with Crippen LogP contribution in [0.1, 0.15) is 0 Å². The third kappa shape index (κ3) is 3.67. The molecule has 6 nitrogen and oxygen atoms in total. The highest BCUT2D eigenvalue weighted by Gasteiger charge is 2.24. The maximum Gasteiger partial charge on any atom is 0.238 e. The van der Waals surface area contributed by atoms with Crippen LogP contribution in [0.25, 0.3) is 110 Å². The Labute approximate surface area is 296 Å². The molecule has 12 rings (SSSR count). The highest BCUT2D eigenvalue weighted by atomic mass is 15.2. The minimum Gasteiger partial charge on any atom is -0.306 e. The first kappa shape index (κ1) is 27.6. The fourth-order valence-corrected chi connectivity index (χ4v) is 8.51. The number of para-hydroxylation sites is 2. The van der Waals surface area contributed by atoms with Crippen LogP contribution < -0.4 is 0 Å². The summed E-state index contributed by atoms with van der Waals surface area (Å²) in [5.41, 5.74) is 8.38. The van der Waals surface area contributed by atoms with Crippen molar-refractivity contribution in [2.24, 2.45) is 0 Å². The molecule has 0 atom stereocenters. The summed E-state index contributed by atoms with van der Waals surface area (Å²) < 4.78 is 4.64. The largest absolute Gasteiger partial charge is 0.306 e. The lowest BCUT2D eigenvalue weighted by Gasteiger charge is -2.15. The van der Waals surface area contributed by atoms with Crippen LogP contribution in [-0.2, 0) is 0 Å². The van der Waals surface area contributed by atoms with E-state index in [9.17, 15) is 0 Å². The number of rotatable bonds is 3. The zero-order chi connectivity index (χ0) is 33.9. The molecule has 0 unspecified atom stereocenters. The maximum atomic E-state index is 5.28. The summed E-state index contributed by atoms with van der Waals surface area (Å²) in [4.78, 5) is 20.6. The van der Waals surface area contributed by atoms with Crippen molar-refractivity contribution in [3.8, 4) is 28.7 Å². The van der Waals surface area contributed by atoms with Crippen molar-refractivity contribution < 1.29 is 0 Å². The number of fused-ring (bicyclic) bond motifs is 10. The molecule has 0 spiro atoms. The van der Waals surface area contributed by atoms with E-state index in [1.54, 1.807) is 0 Å². The van der Waals surface area contributed by atoms with E-state index in [1.165, 1.54) is 26.9 Å². The first-order chi connectivity index (χ1) is 25.8. The maximum absolute atomic E-state index is 5.28. The van der Waals surface area contributed by atoms with Crippen molar-refractivity contribution in [3.63, 3.8) is 0 Å². The monoisotopic (exact) mass is 662 g/mol. The third-order valence-corrected chi connectivity index (χ3v) is 10.7. The van der Waals surface area contributed by atoms with E-state index in [4.69, 9.17) is 19.9 Å². The fourth-order valence-electron chi connectivity index (χ4n) is 8.51. The molecule has 0 fully saturated rings. The van der Waals surface area contributed by atoms with Crippen LogP contribution in [0, 0.1) is 0 Å². The Balaban J connectivity index is 1.26. The first-order valence-corrected chi connectivity index (χ1v) is 17.5. The molecule has 5 heterocycles. The van der Waals surface area contributed by atoms with E-state index in [0.29, 0.717) is 17.6 Å². The van der Waals surface area contributed by atoms with Gasteiger partial charge >= 0.3 is 0 Å². The smallest absolute Gasteiger partial charge is 0.238 e. The molecule has 0 N–H and O–H groups in total. The zero-order valence-electron chi connectivity index (χ0n) is 27.7. The van der Waals surface area contributed by atoms with E-state index >= 15 is 0 Å². The lowest BCUT2D eigenvalue weighted by molar-refractivity contribution is 0.954. The topological polar surface area (TPSA) is 60.9 Å². The van der Waals surface area contributed by atoms with Crippen molar-refractivity contribution in [2.45, 2.75) is 0 Å². The Hall–Kier alpha value is -7.18. The average molecular weight is 663 g/mol. The third-order valence-electron chi connectivity index (χ3n) is 10.7. The van der Waals surface area contributed by atoms with Crippen molar-refractivity contribution in [2.75, 3.05) is 0 Å². The van der Waals surface area contributed by atoms with Gasteiger partial charge in [-0.15, -0.1) is 0 Å². The number of benzene rings is 7. The molecule has 0 saturated carbocycles. The van der Waals surface area contributed by atoms with Gasteiger partial charge in [-0.3, -0.25) is 9.55 Å². The predicted molar refractivity (Wildman–Crippen MR) is 213 cm³/mol. The molecule has 5 aromatic heterocycles. The fraction of sp³-hybridized carbons (Fsp3) is 0. The highest BCUT2D eigenvalue weighted by Crippen LogP contribution is 2.44. The number of hydrogen-bond donors (Lipinski definition) is 0.